The summed E-state index contributed by atoms with van der Waals surface area (Å²) in [6.45, 7) is 1.81. The third-order valence-corrected chi connectivity index (χ3v) is 3.60. The third-order valence-electron chi connectivity index (χ3n) is 3.60. The standard InChI is InChI=1S/C16H33N3O3.Na/c1-2-3-4-5-6-7-8-9-10-11-15(20)19(12-14(17)18)13-16(21)22;/h14H,2-13,17-18H2,1H3,(H,21,22);/q;+1/p-1. The summed E-state index contributed by atoms with van der Waals surface area (Å²) in [7, 11) is 0. The molecule has 0 aliphatic carbocycles. The van der Waals surface area contributed by atoms with Crippen LogP contribution in [0.2, 0.25) is 0 Å². The molecule has 0 aromatic rings. The molecule has 0 rings (SSSR count). The van der Waals surface area contributed by atoms with Crippen molar-refractivity contribution in [3.8, 4) is 0 Å². The van der Waals surface area contributed by atoms with Crippen LogP contribution >= 0.6 is 0 Å². The van der Waals surface area contributed by atoms with E-state index in [1.165, 1.54) is 43.4 Å². The molecule has 0 heterocycles. The number of rotatable bonds is 14. The number of hydrogen-bond donors (Lipinski definition) is 2. The summed E-state index contributed by atoms with van der Waals surface area (Å²) in [6.07, 6.45) is 10.1. The molecule has 0 atom stereocenters. The number of carbonyl (C=O) groups is 2. The number of carbonyl (C=O) groups excluding carboxylic acids is 2. The molecule has 130 valence electrons. The quantitative estimate of drug-likeness (QED) is 0.211. The van der Waals surface area contributed by atoms with E-state index in [9.17, 15) is 14.7 Å². The molecular weight excluding hydrogens is 305 g/mol. The van der Waals surface area contributed by atoms with E-state index < -0.39 is 18.7 Å². The van der Waals surface area contributed by atoms with Gasteiger partial charge in [0.1, 0.15) is 0 Å². The van der Waals surface area contributed by atoms with Gasteiger partial charge in [-0.3, -0.25) is 4.79 Å². The van der Waals surface area contributed by atoms with Gasteiger partial charge in [-0.25, -0.2) is 0 Å². The van der Waals surface area contributed by atoms with E-state index in [2.05, 4.69) is 6.92 Å². The molecule has 23 heavy (non-hydrogen) atoms. The first-order valence-corrected chi connectivity index (χ1v) is 8.46. The molecule has 1 amide bonds. The van der Waals surface area contributed by atoms with Crippen molar-refractivity contribution in [3.63, 3.8) is 0 Å². The van der Waals surface area contributed by atoms with Gasteiger partial charge in [-0.1, -0.05) is 58.3 Å². The SMILES string of the molecule is CCCCCCCCCCCC(=O)N(CC(=O)[O-])CC(N)N.[Na+]. The van der Waals surface area contributed by atoms with Crippen LogP contribution in [0.3, 0.4) is 0 Å². The van der Waals surface area contributed by atoms with Gasteiger partial charge in [0.05, 0.1) is 18.7 Å². The molecule has 0 fully saturated rings. The summed E-state index contributed by atoms with van der Waals surface area (Å²) < 4.78 is 0. The molecule has 0 spiro atoms. The van der Waals surface area contributed by atoms with Crippen LogP contribution in [0.15, 0.2) is 0 Å². The molecule has 0 bridgehead atoms. The van der Waals surface area contributed by atoms with Crippen molar-refractivity contribution in [1.82, 2.24) is 4.90 Å². The Labute approximate surface area is 162 Å². The van der Waals surface area contributed by atoms with Gasteiger partial charge in [-0.15, -0.1) is 0 Å². The maximum atomic E-state index is 11.9. The predicted molar refractivity (Wildman–Crippen MR) is 85.6 cm³/mol. The van der Waals surface area contributed by atoms with Crippen molar-refractivity contribution in [2.24, 2.45) is 11.5 Å². The summed E-state index contributed by atoms with van der Waals surface area (Å²) in [5.74, 6) is -1.51. The zero-order valence-corrected chi connectivity index (χ0v) is 16.9. The number of nitrogens with zero attached hydrogens (tertiary/aromatic N) is 1. The Morgan fingerprint density at radius 2 is 1.43 bits per heavy atom. The number of unbranched alkanes of at least 4 members (excludes halogenated alkanes) is 8. The Kier molecular flexibility index (Phi) is 18.2. The van der Waals surface area contributed by atoms with E-state index >= 15 is 0 Å². The number of hydrogen-bond acceptors (Lipinski definition) is 5. The molecule has 0 saturated carbocycles. The number of carboxylic acid groups (broad SMARTS) is 1. The second kappa shape index (κ2) is 16.7. The molecule has 0 radical (unpaired) electrons. The van der Waals surface area contributed by atoms with Crippen molar-refractivity contribution in [1.29, 1.82) is 0 Å². The Morgan fingerprint density at radius 1 is 0.957 bits per heavy atom. The zero-order valence-electron chi connectivity index (χ0n) is 14.9. The van der Waals surface area contributed by atoms with E-state index in [1.807, 2.05) is 0 Å². The fraction of sp³-hybridized carbons (Fsp3) is 0.875. The predicted octanol–water partition coefficient (Wildman–Crippen LogP) is -2.27. The molecular formula is C16H32N3NaO3. The van der Waals surface area contributed by atoms with Gasteiger partial charge in [-0.2, -0.15) is 0 Å². The molecule has 6 nitrogen and oxygen atoms in total. The maximum absolute atomic E-state index is 11.9. The van der Waals surface area contributed by atoms with Crippen molar-refractivity contribution < 1.29 is 44.3 Å². The average Bonchev–Trinajstić information content (AvgIpc) is 2.43. The van der Waals surface area contributed by atoms with Gasteiger partial charge in [0, 0.05) is 13.0 Å². The van der Waals surface area contributed by atoms with Crippen LogP contribution in [-0.2, 0) is 9.59 Å². The van der Waals surface area contributed by atoms with Gasteiger partial charge in [0.25, 0.3) is 0 Å². The summed E-state index contributed by atoms with van der Waals surface area (Å²) in [5.41, 5.74) is 10.8. The first kappa shape index (κ1) is 25.1. The largest absolute Gasteiger partial charge is 1.00 e. The number of carboxylic acids is 1. The average molecular weight is 337 g/mol. The monoisotopic (exact) mass is 337 g/mol. The minimum Gasteiger partial charge on any atom is -0.548 e. The molecule has 0 saturated heterocycles. The fourth-order valence-corrected chi connectivity index (χ4v) is 2.41. The first-order chi connectivity index (χ1) is 10.5. The van der Waals surface area contributed by atoms with Crippen molar-refractivity contribution >= 4 is 11.9 Å². The third kappa shape index (κ3) is 16.5. The van der Waals surface area contributed by atoms with Gasteiger partial charge < -0.3 is 26.3 Å². The molecule has 0 aliphatic heterocycles. The van der Waals surface area contributed by atoms with Gasteiger partial charge in [0.2, 0.25) is 5.91 Å². The van der Waals surface area contributed by atoms with Crippen molar-refractivity contribution in [2.75, 3.05) is 13.1 Å². The van der Waals surface area contributed by atoms with Crippen molar-refractivity contribution in [3.05, 3.63) is 0 Å². The second-order valence-electron chi connectivity index (χ2n) is 5.89. The minimum absolute atomic E-state index is 0. The normalized spacial score (nSPS) is 10.4. The van der Waals surface area contributed by atoms with Crippen LogP contribution in [0, 0.1) is 0 Å². The molecule has 7 heteroatoms. The van der Waals surface area contributed by atoms with Crippen LogP contribution in [0.1, 0.15) is 71.1 Å². The number of aliphatic carboxylic acids is 1. The van der Waals surface area contributed by atoms with Crippen LogP contribution in [-0.4, -0.2) is 36.0 Å². The summed E-state index contributed by atoms with van der Waals surface area (Å²) in [4.78, 5) is 23.7. The van der Waals surface area contributed by atoms with Crippen LogP contribution < -0.4 is 46.1 Å². The summed E-state index contributed by atoms with van der Waals surface area (Å²) >= 11 is 0. The fourth-order valence-electron chi connectivity index (χ4n) is 2.41. The first-order valence-electron chi connectivity index (χ1n) is 8.46. The maximum Gasteiger partial charge on any atom is 1.00 e. The molecule has 0 aromatic carbocycles. The van der Waals surface area contributed by atoms with Gasteiger partial charge in [-0.05, 0) is 6.42 Å². The van der Waals surface area contributed by atoms with Gasteiger partial charge >= 0.3 is 29.6 Å². The minimum atomic E-state index is -1.29. The molecule has 0 aliphatic rings. The van der Waals surface area contributed by atoms with E-state index in [4.69, 9.17) is 11.5 Å². The zero-order chi connectivity index (χ0) is 16.8. The number of amides is 1. The van der Waals surface area contributed by atoms with Crippen LogP contribution in [0.25, 0.3) is 0 Å². The second-order valence-corrected chi connectivity index (χ2v) is 5.89. The van der Waals surface area contributed by atoms with Crippen LogP contribution in [0.4, 0.5) is 0 Å². The van der Waals surface area contributed by atoms with E-state index in [0.717, 1.165) is 19.3 Å². The van der Waals surface area contributed by atoms with E-state index in [0.29, 0.717) is 6.42 Å². The molecule has 0 aromatic heterocycles. The summed E-state index contributed by atoms with van der Waals surface area (Å²) in [5, 5.41) is 10.6. The molecule has 0 unspecified atom stereocenters. The Morgan fingerprint density at radius 3 is 1.87 bits per heavy atom. The van der Waals surface area contributed by atoms with E-state index in [1.54, 1.807) is 0 Å². The van der Waals surface area contributed by atoms with Gasteiger partial charge in [0.15, 0.2) is 0 Å². The Bertz CT molecular complexity index is 315. The van der Waals surface area contributed by atoms with Crippen LogP contribution in [0.5, 0.6) is 0 Å². The van der Waals surface area contributed by atoms with E-state index in [-0.39, 0.29) is 42.0 Å². The molecule has 4 N–H and O–H groups in total. The summed E-state index contributed by atoms with van der Waals surface area (Å²) in [6, 6.07) is 0. The smallest absolute Gasteiger partial charge is 0.548 e. The number of nitrogens with two attached hydrogens (primary N) is 2. The Hall–Kier alpha value is -0.140. The van der Waals surface area contributed by atoms with Crippen molar-refractivity contribution in [2.45, 2.75) is 77.3 Å². The Balaban J connectivity index is 0. The topological polar surface area (TPSA) is 112 Å².